The molecule has 1 N–H and O–H groups in total. The number of aryl methyl sites for hydroxylation is 1. The Morgan fingerprint density at radius 2 is 1.80 bits per heavy atom. The first kappa shape index (κ1) is 23.2. The Morgan fingerprint density at radius 1 is 1.00 bits per heavy atom. The summed E-state index contributed by atoms with van der Waals surface area (Å²) >= 11 is 0. The lowest BCUT2D eigenvalue weighted by atomic mass is 10.1. The van der Waals surface area contributed by atoms with E-state index in [4.69, 9.17) is 15.4 Å². The SMILES string of the molecule is Cc1cc(C=N)cnc1N1CCN(c2cc(-c3ccc(F)cc3)nc(N3CCCC3C)n2)C(C)C1. The third kappa shape index (κ3) is 4.70. The average molecular weight is 474 g/mol. The number of hydrogen-bond donors (Lipinski definition) is 1. The zero-order valence-corrected chi connectivity index (χ0v) is 20.6. The van der Waals surface area contributed by atoms with Crippen molar-refractivity contribution in [3.63, 3.8) is 0 Å². The summed E-state index contributed by atoms with van der Waals surface area (Å²) in [5.74, 6) is 2.38. The summed E-state index contributed by atoms with van der Waals surface area (Å²) in [7, 11) is 0. The number of rotatable bonds is 5. The first-order valence-electron chi connectivity index (χ1n) is 12.3. The molecule has 8 heteroatoms. The third-order valence-corrected chi connectivity index (χ3v) is 7.11. The normalized spacial score (nSPS) is 20.4. The number of pyridine rings is 1. The molecule has 2 aliphatic rings. The van der Waals surface area contributed by atoms with Gasteiger partial charge in [0.05, 0.1) is 5.69 Å². The Hall–Kier alpha value is -3.55. The Kier molecular flexibility index (Phi) is 6.36. The van der Waals surface area contributed by atoms with Crippen molar-refractivity contribution in [2.24, 2.45) is 0 Å². The first-order valence-corrected chi connectivity index (χ1v) is 12.3. The van der Waals surface area contributed by atoms with Crippen LogP contribution in [0.15, 0.2) is 42.6 Å². The summed E-state index contributed by atoms with van der Waals surface area (Å²) < 4.78 is 13.6. The molecule has 0 saturated carbocycles. The summed E-state index contributed by atoms with van der Waals surface area (Å²) in [5, 5.41) is 7.47. The van der Waals surface area contributed by atoms with Gasteiger partial charge in [0.25, 0.3) is 0 Å². The van der Waals surface area contributed by atoms with Gasteiger partial charge in [0.15, 0.2) is 0 Å². The van der Waals surface area contributed by atoms with Gasteiger partial charge >= 0.3 is 0 Å². The second kappa shape index (κ2) is 9.60. The van der Waals surface area contributed by atoms with E-state index >= 15 is 0 Å². The van der Waals surface area contributed by atoms with Gasteiger partial charge in [0.2, 0.25) is 5.95 Å². The van der Waals surface area contributed by atoms with Gasteiger partial charge in [-0.1, -0.05) is 0 Å². The highest BCUT2D eigenvalue weighted by molar-refractivity contribution is 5.77. The van der Waals surface area contributed by atoms with Crippen LogP contribution in [0.3, 0.4) is 0 Å². The van der Waals surface area contributed by atoms with E-state index in [0.717, 1.165) is 79.0 Å². The molecule has 7 nitrogen and oxygen atoms in total. The molecule has 1 aromatic carbocycles. The molecule has 35 heavy (non-hydrogen) atoms. The molecule has 0 radical (unpaired) electrons. The molecule has 5 rings (SSSR count). The molecule has 0 spiro atoms. The Labute approximate surface area is 206 Å². The Bertz CT molecular complexity index is 1210. The number of benzene rings is 1. The van der Waals surface area contributed by atoms with Crippen LogP contribution >= 0.6 is 0 Å². The van der Waals surface area contributed by atoms with E-state index in [1.807, 2.05) is 12.1 Å². The monoisotopic (exact) mass is 473 g/mol. The second-order valence-corrected chi connectivity index (χ2v) is 9.64. The fourth-order valence-corrected chi connectivity index (χ4v) is 5.19. The highest BCUT2D eigenvalue weighted by Gasteiger charge is 2.29. The van der Waals surface area contributed by atoms with Gasteiger partial charge in [-0.3, -0.25) is 0 Å². The standard InChI is InChI=1S/C27H32FN7/c1-18-13-21(15-29)16-30-26(18)33-11-12-34(20(3)17-33)25-14-24(22-6-8-23(28)9-7-22)31-27(32-25)35-10-4-5-19(35)2/h6-9,13-16,19-20,29H,4-5,10-12,17H2,1-3H3. The molecule has 0 amide bonds. The van der Waals surface area contributed by atoms with Crippen LogP contribution in [-0.4, -0.2) is 59.4 Å². The third-order valence-electron chi connectivity index (χ3n) is 7.11. The minimum Gasteiger partial charge on any atom is -0.353 e. The number of hydrogen-bond acceptors (Lipinski definition) is 7. The van der Waals surface area contributed by atoms with Gasteiger partial charge < -0.3 is 20.1 Å². The smallest absolute Gasteiger partial charge is 0.228 e. The molecular formula is C27H32FN7. The molecule has 2 aromatic heterocycles. The van der Waals surface area contributed by atoms with Crippen LogP contribution in [0, 0.1) is 18.2 Å². The van der Waals surface area contributed by atoms with Gasteiger partial charge in [-0.2, -0.15) is 4.98 Å². The van der Waals surface area contributed by atoms with Crippen LogP contribution in [-0.2, 0) is 0 Å². The van der Waals surface area contributed by atoms with Crippen LogP contribution in [0.25, 0.3) is 11.3 Å². The average Bonchev–Trinajstić information content (AvgIpc) is 3.30. The van der Waals surface area contributed by atoms with Crippen molar-refractivity contribution in [2.45, 2.75) is 45.7 Å². The van der Waals surface area contributed by atoms with Crippen molar-refractivity contribution in [2.75, 3.05) is 40.9 Å². The van der Waals surface area contributed by atoms with E-state index in [-0.39, 0.29) is 11.9 Å². The zero-order chi connectivity index (χ0) is 24.5. The minimum atomic E-state index is -0.251. The van der Waals surface area contributed by atoms with Crippen molar-refractivity contribution in [3.05, 3.63) is 59.5 Å². The van der Waals surface area contributed by atoms with Crippen molar-refractivity contribution in [1.82, 2.24) is 15.0 Å². The lowest BCUT2D eigenvalue weighted by Gasteiger charge is -2.41. The predicted molar refractivity (Wildman–Crippen MR) is 139 cm³/mol. The van der Waals surface area contributed by atoms with E-state index < -0.39 is 0 Å². The lowest BCUT2D eigenvalue weighted by molar-refractivity contribution is 0.541. The molecule has 4 heterocycles. The molecule has 2 aliphatic heterocycles. The Morgan fingerprint density at radius 3 is 2.46 bits per heavy atom. The maximum absolute atomic E-state index is 13.6. The van der Waals surface area contributed by atoms with Gasteiger partial charge in [-0.15, -0.1) is 0 Å². The summed E-state index contributed by atoms with van der Waals surface area (Å²) in [6.07, 6.45) is 5.36. The van der Waals surface area contributed by atoms with E-state index in [2.05, 4.69) is 40.5 Å². The second-order valence-electron chi connectivity index (χ2n) is 9.64. The molecule has 2 unspecified atom stereocenters. The maximum atomic E-state index is 13.6. The van der Waals surface area contributed by atoms with Crippen LogP contribution < -0.4 is 14.7 Å². The van der Waals surface area contributed by atoms with Crippen molar-refractivity contribution in [3.8, 4) is 11.3 Å². The summed E-state index contributed by atoms with van der Waals surface area (Å²) in [6.45, 7) is 9.90. The van der Waals surface area contributed by atoms with Crippen LogP contribution in [0.2, 0.25) is 0 Å². The minimum absolute atomic E-state index is 0.215. The summed E-state index contributed by atoms with van der Waals surface area (Å²) in [6, 6.07) is 11.2. The number of anilines is 3. The van der Waals surface area contributed by atoms with Crippen LogP contribution in [0.1, 0.15) is 37.8 Å². The quantitative estimate of drug-likeness (QED) is 0.542. The van der Waals surface area contributed by atoms with Gasteiger partial charge in [0.1, 0.15) is 17.5 Å². The molecule has 0 bridgehead atoms. The molecule has 2 fully saturated rings. The number of nitrogens with one attached hydrogen (secondary N) is 1. The van der Waals surface area contributed by atoms with Crippen LogP contribution in [0.4, 0.5) is 22.0 Å². The zero-order valence-electron chi connectivity index (χ0n) is 20.6. The largest absolute Gasteiger partial charge is 0.353 e. The number of aromatic nitrogens is 3. The fraction of sp³-hybridized carbons (Fsp3) is 0.407. The van der Waals surface area contributed by atoms with Gasteiger partial charge in [0, 0.05) is 67.9 Å². The molecule has 0 aliphatic carbocycles. The maximum Gasteiger partial charge on any atom is 0.228 e. The molecule has 3 aromatic rings. The molecule has 2 saturated heterocycles. The highest BCUT2D eigenvalue weighted by Crippen LogP contribution is 2.31. The number of nitrogens with zero attached hydrogens (tertiary/aromatic N) is 6. The van der Waals surface area contributed by atoms with Crippen molar-refractivity contribution in [1.29, 1.82) is 5.41 Å². The van der Waals surface area contributed by atoms with Crippen molar-refractivity contribution < 1.29 is 4.39 Å². The summed E-state index contributed by atoms with van der Waals surface area (Å²) in [5.41, 5.74) is 3.60. The van der Waals surface area contributed by atoms with E-state index in [0.29, 0.717) is 6.04 Å². The number of halogens is 1. The predicted octanol–water partition coefficient (Wildman–Crippen LogP) is 4.69. The molecule has 2 atom stereocenters. The van der Waals surface area contributed by atoms with E-state index in [1.54, 1.807) is 18.3 Å². The fourth-order valence-electron chi connectivity index (χ4n) is 5.19. The lowest BCUT2D eigenvalue weighted by Crippen LogP contribution is -2.53. The van der Waals surface area contributed by atoms with E-state index in [1.165, 1.54) is 18.3 Å². The number of piperazine rings is 1. The van der Waals surface area contributed by atoms with Gasteiger partial charge in [-0.05, 0) is 69.5 Å². The van der Waals surface area contributed by atoms with Crippen molar-refractivity contribution >= 4 is 23.8 Å². The van der Waals surface area contributed by atoms with Crippen LogP contribution in [0.5, 0.6) is 0 Å². The Balaban J connectivity index is 1.45. The van der Waals surface area contributed by atoms with E-state index in [9.17, 15) is 4.39 Å². The highest BCUT2D eigenvalue weighted by atomic mass is 19.1. The topological polar surface area (TPSA) is 72.2 Å². The summed E-state index contributed by atoms with van der Waals surface area (Å²) in [4.78, 5) is 21.5. The van der Waals surface area contributed by atoms with Gasteiger partial charge in [-0.25, -0.2) is 14.4 Å². The molecular weight excluding hydrogens is 441 g/mol. The molecule has 182 valence electrons. The first-order chi connectivity index (χ1) is 16.9.